The average Bonchev–Trinajstić information content (AvgIpc) is 2.63. The van der Waals surface area contributed by atoms with Crippen LogP contribution in [-0.4, -0.2) is 9.97 Å². The van der Waals surface area contributed by atoms with E-state index in [4.69, 9.17) is 0 Å². The fraction of sp³-hybridized carbons (Fsp3) is 0.357. The van der Waals surface area contributed by atoms with Crippen LogP contribution in [0.15, 0.2) is 29.1 Å². The Balaban J connectivity index is 2.50. The quantitative estimate of drug-likeness (QED) is 0.827. The molecule has 0 atom stereocenters. The van der Waals surface area contributed by atoms with Gasteiger partial charge in [-0.25, -0.2) is 4.98 Å². The van der Waals surface area contributed by atoms with Gasteiger partial charge in [0, 0.05) is 5.56 Å². The molecule has 0 radical (unpaired) electrons. The summed E-state index contributed by atoms with van der Waals surface area (Å²) in [6, 6.07) is 6.58. The zero-order chi connectivity index (χ0) is 12.6. The van der Waals surface area contributed by atoms with E-state index in [1.807, 2.05) is 0 Å². The Bertz CT molecular complexity index is 535. The summed E-state index contributed by atoms with van der Waals surface area (Å²) < 4.78 is 0.934. The highest BCUT2D eigenvalue weighted by Crippen LogP contribution is 2.31. The summed E-state index contributed by atoms with van der Waals surface area (Å²) in [6.45, 7) is 8.81. The molecule has 1 aromatic carbocycles. The number of nitrogens with one attached hydrogen (secondary N) is 1. The van der Waals surface area contributed by atoms with Crippen LogP contribution in [0.3, 0.4) is 0 Å². The Morgan fingerprint density at radius 1 is 1.24 bits per heavy atom. The van der Waals surface area contributed by atoms with Crippen molar-refractivity contribution < 1.29 is 0 Å². The van der Waals surface area contributed by atoms with Crippen LogP contribution < -0.4 is 0 Å². The maximum Gasteiger partial charge on any atom is 0.110 e. The van der Waals surface area contributed by atoms with E-state index in [0.717, 1.165) is 10.3 Å². The maximum atomic E-state index is 4.34. The molecular formula is C14H17BrN2. The standard InChI is InChI=1S/C14H17BrN2/c1-9-7-10(14(2,3)4)5-6-11(9)12-13(15)17-8-16-12/h5-8H,1-4H3,(H,16,17). The largest absolute Gasteiger partial charge is 0.339 e. The summed E-state index contributed by atoms with van der Waals surface area (Å²) in [5, 5.41) is 0. The third kappa shape index (κ3) is 2.44. The van der Waals surface area contributed by atoms with Gasteiger partial charge in [0.15, 0.2) is 0 Å². The van der Waals surface area contributed by atoms with Gasteiger partial charge in [0.05, 0.1) is 6.33 Å². The first kappa shape index (κ1) is 12.4. The highest BCUT2D eigenvalue weighted by Gasteiger charge is 2.16. The van der Waals surface area contributed by atoms with E-state index < -0.39 is 0 Å². The lowest BCUT2D eigenvalue weighted by molar-refractivity contribution is 0.590. The average molecular weight is 293 g/mol. The van der Waals surface area contributed by atoms with Gasteiger partial charge >= 0.3 is 0 Å². The van der Waals surface area contributed by atoms with E-state index in [0.29, 0.717) is 0 Å². The Morgan fingerprint density at radius 2 is 1.94 bits per heavy atom. The normalized spacial score (nSPS) is 11.8. The van der Waals surface area contributed by atoms with Gasteiger partial charge in [0.1, 0.15) is 10.3 Å². The van der Waals surface area contributed by atoms with E-state index in [9.17, 15) is 0 Å². The lowest BCUT2D eigenvalue weighted by Gasteiger charge is -2.20. The number of hydrogen-bond donors (Lipinski definition) is 1. The molecule has 0 unspecified atom stereocenters. The molecule has 90 valence electrons. The summed E-state index contributed by atoms with van der Waals surface area (Å²) >= 11 is 3.48. The van der Waals surface area contributed by atoms with Crippen molar-refractivity contribution in [2.75, 3.05) is 0 Å². The lowest BCUT2D eigenvalue weighted by Crippen LogP contribution is -2.11. The molecule has 0 aliphatic heterocycles. The molecular weight excluding hydrogens is 276 g/mol. The first-order chi connectivity index (χ1) is 7.89. The molecule has 0 amide bonds. The smallest absolute Gasteiger partial charge is 0.110 e. The first-order valence-electron chi connectivity index (χ1n) is 5.70. The van der Waals surface area contributed by atoms with Gasteiger partial charge in [0.25, 0.3) is 0 Å². The van der Waals surface area contributed by atoms with Gasteiger partial charge in [-0.15, -0.1) is 0 Å². The number of aryl methyl sites for hydroxylation is 1. The number of halogens is 1. The number of aromatic amines is 1. The summed E-state index contributed by atoms with van der Waals surface area (Å²) in [5.41, 5.74) is 4.94. The second-order valence-electron chi connectivity index (χ2n) is 5.34. The van der Waals surface area contributed by atoms with Crippen LogP contribution in [0.4, 0.5) is 0 Å². The Kier molecular flexibility index (Phi) is 3.13. The predicted octanol–water partition coefficient (Wildman–Crippen LogP) is 4.45. The number of nitrogens with zero attached hydrogens (tertiary/aromatic N) is 1. The Hall–Kier alpha value is -1.09. The fourth-order valence-electron chi connectivity index (χ4n) is 1.86. The minimum atomic E-state index is 0.187. The van der Waals surface area contributed by atoms with Crippen LogP contribution in [0.1, 0.15) is 31.9 Å². The third-order valence-corrected chi connectivity index (χ3v) is 3.54. The fourth-order valence-corrected chi connectivity index (χ4v) is 2.28. The van der Waals surface area contributed by atoms with E-state index in [2.05, 4.69) is 71.8 Å². The number of H-pyrrole nitrogens is 1. The maximum absolute atomic E-state index is 4.34. The second-order valence-corrected chi connectivity index (χ2v) is 6.14. The van der Waals surface area contributed by atoms with Crippen molar-refractivity contribution in [3.8, 4) is 11.3 Å². The summed E-state index contributed by atoms with van der Waals surface area (Å²) in [4.78, 5) is 7.38. The van der Waals surface area contributed by atoms with Crippen molar-refractivity contribution in [2.45, 2.75) is 33.1 Å². The first-order valence-corrected chi connectivity index (χ1v) is 6.49. The molecule has 2 aromatic rings. The van der Waals surface area contributed by atoms with Gasteiger partial charge in [-0.2, -0.15) is 0 Å². The molecule has 17 heavy (non-hydrogen) atoms. The highest BCUT2D eigenvalue weighted by molar-refractivity contribution is 9.10. The van der Waals surface area contributed by atoms with Gasteiger partial charge in [0.2, 0.25) is 0 Å². The number of hydrogen-bond acceptors (Lipinski definition) is 1. The molecule has 3 heteroatoms. The van der Waals surface area contributed by atoms with Crippen molar-refractivity contribution in [3.63, 3.8) is 0 Å². The minimum absolute atomic E-state index is 0.187. The van der Waals surface area contributed by atoms with Crippen molar-refractivity contribution >= 4 is 15.9 Å². The van der Waals surface area contributed by atoms with E-state index >= 15 is 0 Å². The molecule has 1 aromatic heterocycles. The molecule has 0 spiro atoms. The molecule has 0 fully saturated rings. The van der Waals surface area contributed by atoms with Crippen LogP contribution >= 0.6 is 15.9 Å². The number of rotatable bonds is 1. The Labute approximate surface area is 111 Å². The van der Waals surface area contributed by atoms with Crippen molar-refractivity contribution in [1.29, 1.82) is 0 Å². The topological polar surface area (TPSA) is 28.7 Å². The van der Waals surface area contributed by atoms with Gasteiger partial charge in [-0.05, 0) is 39.4 Å². The predicted molar refractivity (Wildman–Crippen MR) is 75.2 cm³/mol. The van der Waals surface area contributed by atoms with Crippen molar-refractivity contribution in [2.24, 2.45) is 0 Å². The van der Waals surface area contributed by atoms with Gasteiger partial charge < -0.3 is 4.98 Å². The molecule has 0 aliphatic rings. The number of benzene rings is 1. The third-order valence-electron chi connectivity index (χ3n) is 2.94. The van der Waals surface area contributed by atoms with Crippen molar-refractivity contribution in [1.82, 2.24) is 9.97 Å². The van der Waals surface area contributed by atoms with E-state index in [-0.39, 0.29) is 5.41 Å². The van der Waals surface area contributed by atoms with E-state index in [1.165, 1.54) is 16.7 Å². The zero-order valence-corrected chi connectivity index (χ0v) is 12.2. The molecule has 0 saturated heterocycles. The molecule has 2 rings (SSSR count). The minimum Gasteiger partial charge on any atom is -0.339 e. The summed E-state index contributed by atoms with van der Waals surface area (Å²) in [6.07, 6.45) is 1.70. The second kappa shape index (κ2) is 4.30. The number of aromatic nitrogens is 2. The highest BCUT2D eigenvalue weighted by atomic mass is 79.9. The van der Waals surface area contributed by atoms with Gasteiger partial charge in [-0.1, -0.05) is 39.0 Å². The van der Waals surface area contributed by atoms with Crippen LogP contribution in [0, 0.1) is 6.92 Å². The monoisotopic (exact) mass is 292 g/mol. The molecule has 2 nitrogen and oxygen atoms in total. The van der Waals surface area contributed by atoms with Crippen molar-refractivity contribution in [3.05, 3.63) is 40.3 Å². The molecule has 0 aliphatic carbocycles. The molecule has 1 N–H and O–H groups in total. The van der Waals surface area contributed by atoms with Crippen LogP contribution in [0.25, 0.3) is 11.3 Å². The molecule has 0 bridgehead atoms. The van der Waals surface area contributed by atoms with Crippen LogP contribution in [-0.2, 0) is 5.41 Å². The van der Waals surface area contributed by atoms with Crippen LogP contribution in [0.5, 0.6) is 0 Å². The van der Waals surface area contributed by atoms with E-state index in [1.54, 1.807) is 6.33 Å². The Morgan fingerprint density at radius 3 is 2.41 bits per heavy atom. The summed E-state index contributed by atoms with van der Waals surface area (Å²) in [5.74, 6) is 0. The zero-order valence-electron chi connectivity index (χ0n) is 10.6. The number of imidazole rings is 1. The molecule has 1 heterocycles. The van der Waals surface area contributed by atoms with Crippen LogP contribution in [0.2, 0.25) is 0 Å². The van der Waals surface area contributed by atoms with Gasteiger partial charge in [-0.3, -0.25) is 0 Å². The SMILES string of the molecule is Cc1cc(C(C)(C)C)ccc1-c1nc[nH]c1Br. The lowest BCUT2D eigenvalue weighted by atomic mass is 9.85. The molecule has 0 saturated carbocycles. The summed E-state index contributed by atoms with van der Waals surface area (Å²) in [7, 11) is 0.